The normalized spacial score (nSPS) is 15.3. The number of aryl methyl sites for hydroxylation is 1. The summed E-state index contributed by atoms with van der Waals surface area (Å²) in [5.41, 5.74) is 10.2. The topological polar surface area (TPSA) is 89.8 Å². The molecule has 33 heavy (non-hydrogen) atoms. The van der Waals surface area contributed by atoms with E-state index in [-0.39, 0.29) is 11.4 Å². The molecule has 0 bridgehead atoms. The van der Waals surface area contributed by atoms with Crippen LogP contribution < -0.4 is 19.9 Å². The van der Waals surface area contributed by atoms with Crippen LogP contribution in [0.4, 0.5) is 0 Å². The molecule has 1 aliphatic rings. The van der Waals surface area contributed by atoms with Gasteiger partial charge in [-0.05, 0) is 68.5 Å². The highest BCUT2D eigenvalue weighted by Crippen LogP contribution is 2.36. The molecule has 2 aromatic carbocycles. The first-order valence-corrected chi connectivity index (χ1v) is 11.3. The lowest BCUT2D eigenvalue weighted by Crippen LogP contribution is -2.44. The van der Waals surface area contributed by atoms with E-state index in [9.17, 15) is 4.79 Å². The number of hydrogen-bond donors (Lipinski definition) is 2. The Balaban J connectivity index is 1.39. The van der Waals surface area contributed by atoms with Crippen molar-refractivity contribution in [2.75, 3.05) is 34.4 Å². The van der Waals surface area contributed by atoms with Gasteiger partial charge in [-0.15, -0.1) is 0 Å². The summed E-state index contributed by atoms with van der Waals surface area (Å²) in [4.78, 5) is 18.3. The van der Waals surface area contributed by atoms with E-state index >= 15 is 0 Å². The van der Waals surface area contributed by atoms with Crippen LogP contribution in [-0.4, -0.2) is 55.7 Å². The highest BCUT2D eigenvalue weighted by Gasteiger charge is 2.30. The summed E-state index contributed by atoms with van der Waals surface area (Å²) in [6.07, 6.45) is 5.19. The molecule has 3 N–H and O–H groups in total. The Hall–Kier alpha value is -3.19. The number of nitrogens with one attached hydrogen (secondary N) is 1. The highest BCUT2D eigenvalue weighted by atomic mass is 16.5. The smallest absolute Gasteiger partial charge is 0.254 e. The van der Waals surface area contributed by atoms with Crippen molar-refractivity contribution in [2.45, 2.75) is 38.1 Å². The lowest BCUT2D eigenvalue weighted by Gasteiger charge is -2.33. The minimum absolute atomic E-state index is 0.0247. The predicted octanol–water partition coefficient (Wildman–Crippen LogP) is 3.93. The molecule has 0 saturated carbocycles. The summed E-state index contributed by atoms with van der Waals surface area (Å²) in [5, 5.41) is 1.16. The zero-order valence-corrected chi connectivity index (χ0v) is 19.9. The first-order chi connectivity index (χ1) is 15.9. The second-order valence-electron chi connectivity index (χ2n) is 9.00. The minimum atomic E-state index is -0.388. The van der Waals surface area contributed by atoms with Crippen LogP contribution in [0.15, 0.2) is 36.5 Å². The molecular formula is C26H33N3O4. The van der Waals surface area contributed by atoms with Crippen molar-refractivity contribution in [3.63, 3.8) is 0 Å². The Kier molecular flexibility index (Phi) is 6.51. The molecule has 1 atom stereocenters. The Bertz CT molecular complexity index is 1150. The summed E-state index contributed by atoms with van der Waals surface area (Å²) in [5.74, 6) is 2.18. The number of aromatic nitrogens is 1. The van der Waals surface area contributed by atoms with Crippen molar-refractivity contribution in [3.8, 4) is 17.2 Å². The molecule has 0 saturated heterocycles. The van der Waals surface area contributed by atoms with Crippen LogP contribution in [0.5, 0.6) is 17.2 Å². The van der Waals surface area contributed by atoms with Crippen molar-refractivity contribution in [3.05, 3.63) is 53.2 Å². The monoisotopic (exact) mass is 451 g/mol. The third-order valence-corrected chi connectivity index (χ3v) is 6.69. The Morgan fingerprint density at radius 1 is 1.09 bits per heavy atom. The van der Waals surface area contributed by atoms with Gasteiger partial charge in [0.2, 0.25) is 0 Å². The first kappa shape index (κ1) is 23.0. The van der Waals surface area contributed by atoms with Crippen molar-refractivity contribution < 1.29 is 19.0 Å². The Labute approximate surface area is 194 Å². The SMILES string of the molecule is COc1ccc2[nH]cc(CCC(C)(N)CCN3CCc4c(ccc(OC)c4OC)C3=O)c2c1. The average Bonchev–Trinajstić information content (AvgIpc) is 3.23. The third-order valence-electron chi connectivity index (χ3n) is 6.69. The number of fused-ring (bicyclic) bond motifs is 2. The maximum Gasteiger partial charge on any atom is 0.254 e. The number of H-pyrrole nitrogens is 1. The number of rotatable bonds is 9. The molecular weight excluding hydrogens is 418 g/mol. The Morgan fingerprint density at radius 2 is 1.91 bits per heavy atom. The van der Waals surface area contributed by atoms with Gasteiger partial charge in [0.05, 0.1) is 21.3 Å². The molecule has 176 valence electrons. The lowest BCUT2D eigenvalue weighted by atomic mass is 9.90. The molecule has 0 aliphatic carbocycles. The van der Waals surface area contributed by atoms with E-state index in [0.29, 0.717) is 30.2 Å². The molecule has 0 spiro atoms. The zero-order chi connectivity index (χ0) is 23.6. The second-order valence-corrected chi connectivity index (χ2v) is 9.00. The molecule has 4 rings (SSSR count). The fourth-order valence-electron chi connectivity index (χ4n) is 4.60. The van der Waals surface area contributed by atoms with E-state index < -0.39 is 0 Å². The molecule has 7 nitrogen and oxygen atoms in total. The first-order valence-electron chi connectivity index (χ1n) is 11.3. The number of carbonyl (C=O) groups is 1. The number of nitrogens with zero attached hydrogens (tertiary/aromatic N) is 1. The maximum atomic E-state index is 13.1. The number of benzene rings is 2. The van der Waals surface area contributed by atoms with E-state index in [4.69, 9.17) is 19.9 Å². The van der Waals surface area contributed by atoms with Crippen LogP contribution in [0, 0.1) is 0 Å². The molecule has 3 aromatic rings. The van der Waals surface area contributed by atoms with Gasteiger partial charge < -0.3 is 29.8 Å². The fourth-order valence-corrected chi connectivity index (χ4v) is 4.60. The van der Waals surface area contributed by atoms with Crippen molar-refractivity contribution in [1.29, 1.82) is 0 Å². The second kappa shape index (κ2) is 9.35. The summed E-state index contributed by atoms with van der Waals surface area (Å²) in [6.45, 7) is 3.34. The van der Waals surface area contributed by atoms with Crippen LogP contribution >= 0.6 is 0 Å². The predicted molar refractivity (Wildman–Crippen MR) is 130 cm³/mol. The number of carbonyl (C=O) groups excluding carboxylic acids is 1. The number of methoxy groups -OCH3 is 3. The van der Waals surface area contributed by atoms with Gasteiger partial charge >= 0.3 is 0 Å². The fraction of sp³-hybridized carbons (Fsp3) is 0.423. The quantitative estimate of drug-likeness (QED) is 0.514. The standard InChI is InChI=1S/C26H33N3O4/c1-26(27,11-9-17-16-28-22-7-5-18(31-2)15-21(17)22)12-14-29-13-10-19-20(25(29)30)6-8-23(32-3)24(19)33-4/h5-8,15-16,28H,9-14,27H2,1-4H3. The van der Waals surface area contributed by atoms with E-state index in [1.165, 1.54) is 5.56 Å². The van der Waals surface area contributed by atoms with Gasteiger partial charge in [0, 0.05) is 46.9 Å². The molecule has 1 aromatic heterocycles. The number of ether oxygens (including phenoxy) is 3. The zero-order valence-electron chi connectivity index (χ0n) is 19.9. The van der Waals surface area contributed by atoms with Crippen LogP contribution in [-0.2, 0) is 12.8 Å². The molecule has 0 fully saturated rings. The van der Waals surface area contributed by atoms with E-state index in [0.717, 1.165) is 47.9 Å². The summed E-state index contributed by atoms with van der Waals surface area (Å²) >= 11 is 0. The Morgan fingerprint density at radius 3 is 2.64 bits per heavy atom. The van der Waals surface area contributed by atoms with Gasteiger partial charge in [0.15, 0.2) is 11.5 Å². The average molecular weight is 452 g/mol. The van der Waals surface area contributed by atoms with E-state index in [1.807, 2.05) is 29.3 Å². The summed E-state index contributed by atoms with van der Waals surface area (Å²) in [6, 6.07) is 9.67. The van der Waals surface area contributed by atoms with Crippen LogP contribution in [0.25, 0.3) is 10.9 Å². The van der Waals surface area contributed by atoms with E-state index in [1.54, 1.807) is 27.4 Å². The number of hydrogen-bond acceptors (Lipinski definition) is 5. The summed E-state index contributed by atoms with van der Waals surface area (Å²) in [7, 11) is 4.89. The van der Waals surface area contributed by atoms with Crippen LogP contribution in [0.1, 0.15) is 41.3 Å². The van der Waals surface area contributed by atoms with Crippen molar-refractivity contribution in [2.24, 2.45) is 5.73 Å². The summed E-state index contributed by atoms with van der Waals surface area (Å²) < 4.78 is 16.3. The van der Waals surface area contributed by atoms with Crippen molar-refractivity contribution in [1.82, 2.24) is 9.88 Å². The molecule has 7 heteroatoms. The number of aromatic amines is 1. The highest BCUT2D eigenvalue weighted by molar-refractivity contribution is 5.98. The van der Waals surface area contributed by atoms with Crippen LogP contribution in [0.2, 0.25) is 0 Å². The molecule has 1 amide bonds. The minimum Gasteiger partial charge on any atom is -0.497 e. The number of nitrogens with two attached hydrogens (primary N) is 1. The maximum absolute atomic E-state index is 13.1. The largest absolute Gasteiger partial charge is 0.497 e. The van der Waals surface area contributed by atoms with Crippen LogP contribution in [0.3, 0.4) is 0 Å². The number of amides is 1. The van der Waals surface area contributed by atoms with Crippen molar-refractivity contribution >= 4 is 16.8 Å². The lowest BCUT2D eigenvalue weighted by molar-refractivity contribution is 0.0725. The van der Waals surface area contributed by atoms with E-state index in [2.05, 4.69) is 18.0 Å². The molecule has 1 unspecified atom stereocenters. The van der Waals surface area contributed by atoms with Gasteiger partial charge in [0.25, 0.3) is 5.91 Å². The van der Waals surface area contributed by atoms with Gasteiger partial charge in [0.1, 0.15) is 5.75 Å². The van der Waals surface area contributed by atoms with Gasteiger partial charge in [-0.1, -0.05) is 0 Å². The molecule has 0 radical (unpaired) electrons. The third kappa shape index (κ3) is 4.64. The van der Waals surface area contributed by atoms with Gasteiger partial charge in [-0.25, -0.2) is 0 Å². The molecule has 1 aliphatic heterocycles. The molecule has 2 heterocycles. The van der Waals surface area contributed by atoms with Gasteiger partial charge in [-0.2, -0.15) is 0 Å². The van der Waals surface area contributed by atoms with Gasteiger partial charge in [-0.3, -0.25) is 4.79 Å².